The van der Waals surface area contributed by atoms with Crippen molar-refractivity contribution in [3.05, 3.63) is 40.3 Å². The smallest absolute Gasteiger partial charge is 0.207 e. The van der Waals surface area contributed by atoms with Crippen molar-refractivity contribution in [1.29, 1.82) is 5.26 Å². The molecule has 20 heavy (non-hydrogen) atoms. The molecule has 2 rings (SSSR count). The van der Waals surface area contributed by atoms with Crippen LogP contribution in [-0.4, -0.2) is 31.9 Å². The van der Waals surface area contributed by atoms with Crippen LogP contribution in [0.3, 0.4) is 0 Å². The first-order valence-electron chi connectivity index (χ1n) is 6.12. The van der Waals surface area contributed by atoms with E-state index in [1.54, 1.807) is 0 Å². The van der Waals surface area contributed by atoms with Gasteiger partial charge in [-0.05, 0) is 42.6 Å². The third-order valence-corrected chi connectivity index (χ3v) is 5.17. The molecule has 0 atom stereocenters. The predicted molar refractivity (Wildman–Crippen MR) is 72.1 cm³/mol. The van der Waals surface area contributed by atoms with Gasteiger partial charge in [0.1, 0.15) is 0 Å². The lowest BCUT2D eigenvalue weighted by Crippen LogP contribution is -2.39. The van der Waals surface area contributed by atoms with E-state index in [0.717, 1.165) is 0 Å². The molecule has 0 amide bonds. The number of benzene rings is 1. The quantitative estimate of drug-likeness (QED) is 0.482. The highest BCUT2D eigenvalue weighted by molar-refractivity contribution is 7.89. The normalized spacial score (nSPS) is 17.1. The second kappa shape index (κ2) is 5.92. The minimum absolute atomic E-state index is 0.132. The molecule has 1 aromatic carbocycles. The summed E-state index contributed by atoms with van der Waals surface area (Å²) in [6.45, 7) is 0.679. The van der Waals surface area contributed by atoms with E-state index in [1.165, 1.54) is 28.6 Å². The average Bonchev–Trinajstić information content (AvgIpc) is 2.48. The van der Waals surface area contributed by atoms with Crippen LogP contribution in [0.1, 0.15) is 18.4 Å². The molecule has 8 heteroatoms. The number of azide groups is 1. The summed E-state index contributed by atoms with van der Waals surface area (Å²) in [5.74, 6) is 0. The lowest BCUT2D eigenvalue weighted by molar-refractivity contribution is 0.320. The SMILES string of the molecule is N#Cc1ccc(S(=O)(=O)N2CCC(N=[N+]=[N-])CC2)cc1. The summed E-state index contributed by atoms with van der Waals surface area (Å²) in [4.78, 5) is 2.93. The Morgan fingerprint density at radius 2 is 1.90 bits per heavy atom. The van der Waals surface area contributed by atoms with Crippen molar-refractivity contribution in [1.82, 2.24) is 4.31 Å². The van der Waals surface area contributed by atoms with Gasteiger partial charge < -0.3 is 0 Å². The van der Waals surface area contributed by atoms with Gasteiger partial charge in [-0.15, -0.1) is 0 Å². The molecule has 1 heterocycles. The topological polar surface area (TPSA) is 110 Å². The van der Waals surface area contributed by atoms with E-state index in [9.17, 15) is 8.42 Å². The summed E-state index contributed by atoms with van der Waals surface area (Å²) in [6, 6.07) is 7.67. The van der Waals surface area contributed by atoms with Crippen LogP contribution in [0.4, 0.5) is 0 Å². The molecule has 0 aromatic heterocycles. The van der Waals surface area contributed by atoms with Crippen LogP contribution < -0.4 is 0 Å². The number of nitrogens with zero attached hydrogens (tertiary/aromatic N) is 5. The van der Waals surface area contributed by atoms with E-state index in [-0.39, 0.29) is 10.9 Å². The molecular weight excluding hydrogens is 278 g/mol. The van der Waals surface area contributed by atoms with E-state index in [1.807, 2.05) is 6.07 Å². The summed E-state index contributed by atoms with van der Waals surface area (Å²) in [7, 11) is -3.54. The fourth-order valence-electron chi connectivity index (χ4n) is 2.12. The molecule has 1 aliphatic heterocycles. The van der Waals surface area contributed by atoms with Crippen LogP contribution in [0.5, 0.6) is 0 Å². The van der Waals surface area contributed by atoms with Gasteiger partial charge in [-0.2, -0.15) is 9.57 Å². The summed E-state index contributed by atoms with van der Waals surface area (Å²) >= 11 is 0. The average molecular weight is 291 g/mol. The highest BCUT2D eigenvalue weighted by Crippen LogP contribution is 2.22. The van der Waals surface area contributed by atoms with Crippen molar-refractivity contribution in [3.8, 4) is 6.07 Å². The number of sulfonamides is 1. The van der Waals surface area contributed by atoms with E-state index in [2.05, 4.69) is 10.0 Å². The highest BCUT2D eigenvalue weighted by Gasteiger charge is 2.28. The number of hydrogen-bond donors (Lipinski definition) is 0. The number of nitriles is 1. The molecule has 1 aromatic rings. The van der Waals surface area contributed by atoms with Crippen molar-refractivity contribution in [3.63, 3.8) is 0 Å². The van der Waals surface area contributed by atoms with E-state index in [0.29, 0.717) is 31.5 Å². The Morgan fingerprint density at radius 3 is 2.40 bits per heavy atom. The van der Waals surface area contributed by atoms with E-state index < -0.39 is 10.0 Å². The Bertz CT molecular complexity index is 663. The van der Waals surface area contributed by atoms with Gasteiger partial charge in [0.2, 0.25) is 10.0 Å². The Kier molecular flexibility index (Phi) is 4.25. The fraction of sp³-hybridized carbons (Fsp3) is 0.417. The van der Waals surface area contributed by atoms with Crippen LogP contribution in [0.15, 0.2) is 34.3 Å². The molecule has 0 spiro atoms. The van der Waals surface area contributed by atoms with Crippen molar-refractivity contribution in [2.24, 2.45) is 5.11 Å². The first-order chi connectivity index (χ1) is 9.57. The zero-order chi connectivity index (χ0) is 14.6. The lowest BCUT2D eigenvalue weighted by atomic mass is 10.1. The fourth-order valence-corrected chi connectivity index (χ4v) is 3.59. The Labute approximate surface area is 117 Å². The summed E-state index contributed by atoms with van der Waals surface area (Å²) in [5.41, 5.74) is 8.79. The number of piperidine rings is 1. The van der Waals surface area contributed by atoms with Gasteiger partial charge in [0.05, 0.1) is 16.5 Å². The monoisotopic (exact) mass is 291 g/mol. The van der Waals surface area contributed by atoms with Gasteiger partial charge in [0, 0.05) is 24.0 Å². The summed E-state index contributed by atoms with van der Waals surface area (Å²) < 4.78 is 26.2. The molecule has 1 aliphatic rings. The third-order valence-electron chi connectivity index (χ3n) is 3.26. The zero-order valence-corrected chi connectivity index (χ0v) is 11.5. The molecule has 0 unspecified atom stereocenters. The number of rotatable bonds is 3. The van der Waals surface area contributed by atoms with Crippen LogP contribution in [-0.2, 0) is 10.0 Å². The van der Waals surface area contributed by atoms with E-state index >= 15 is 0 Å². The minimum Gasteiger partial charge on any atom is -0.207 e. The molecule has 0 N–H and O–H groups in total. The second-order valence-electron chi connectivity index (χ2n) is 4.48. The van der Waals surface area contributed by atoms with Gasteiger partial charge >= 0.3 is 0 Å². The van der Waals surface area contributed by atoms with Gasteiger partial charge in [-0.3, -0.25) is 0 Å². The van der Waals surface area contributed by atoms with E-state index in [4.69, 9.17) is 10.8 Å². The maximum atomic E-state index is 12.4. The third kappa shape index (κ3) is 2.91. The Hall–Kier alpha value is -2.07. The minimum atomic E-state index is -3.54. The van der Waals surface area contributed by atoms with Gasteiger partial charge in [0.15, 0.2) is 0 Å². The first kappa shape index (κ1) is 14.3. The van der Waals surface area contributed by atoms with Crippen LogP contribution in [0.2, 0.25) is 0 Å². The predicted octanol–water partition coefficient (Wildman–Crippen LogP) is 2.02. The highest BCUT2D eigenvalue weighted by atomic mass is 32.2. The standard InChI is InChI=1S/C12H13N5O2S/c13-9-10-1-3-12(4-2-10)20(18,19)17-7-5-11(6-8-17)15-16-14/h1-4,11H,5-8H2. The van der Waals surface area contributed by atoms with Crippen molar-refractivity contribution in [2.75, 3.05) is 13.1 Å². The van der Waals surface area contributed by atoms with Crippen LogP contribution in [0, 0.1) is 11.3 Å². The maximum absolute atomic E-state index is 12.4. The largest absolute Gasteiger partial charge is 0.243 e. The lowest BCUT2D eigenvalue weighted by Gasteiger charge is -2.29. The zero-order valence-electron chi connectivity index (χ0n) is 10.7. The Morgan fingerprint density at radius 1 is 1.30 bits per heavy atom. The number of hydrogen-bond acceptors (Lipinski definition) is 4. The molecular formula is C12H13N5O2S. The van der Waals surface area contributed by atoms with Gasteiger partial charge in [-0.25, -0.2) is 8.42 Å². The molecule has 104 valence electrons. The molecule has 1 saturated heterocycles. The second-order valence-corrected chi connectivity index (χ2v) is 6.41. The van der Waals surface area contributed by atoms with Gasteiger partial charge in [0.25, 0.3) is 0 Å². The van der Waals surface area contributed by atoms with Crippen LogP contribution >= 0.6 is 0 Å². The summed E-state index contributed by atoms with van der Waals surface area (Å²) in [5, 5.41) is 12.3. The molecule has 0 aliphatic carbocycles. The van der Waals surface area contributed by atoms with Crippen molar-refractivity contribution < 1.29 is 8.42 Å². The van der Waals surface area contributed by atoms with Crippen LogP contribution in [0.25, 0.3) is 10.4 Å². The molecule has 0 radical (unpaired) electrons. The molecule has 0 saturated carbocycles. The molecule has 1 fully saturated rings. The molecule has 0 bridgehead atoms. The summed E-state index contributed by atoms with van der Waals surface area (Å²) in [6.07, 6.45) is 1.05. The first-order valence-corrected chi connectivity index (χ1v) is 7.56. The van der Waals surface area contributed by atoms with Crippen molar-refractivity contribution in [2.45, 2.75) is 23.8 Å². The van der Waals surface area contributed by atoms with Gasteiger partial charge in [-0.1, -0.05) is 5.11 Å². The molecule has 7 nitrogen and oxygen atoms in total. The maximum Gasteiger partial charge on any atom is 0.243 e. The van der Waals surface area contributed by atoms with Crippen molar-refractivity contribution >= 4 is 10.0 Å². The Balaban J connectivity index is 2.15.